The zero-order valence-electron chi connectivity index (χ0n) is 7.69. The maximum atomic E-state index is 9.52. The van der Waals surface area contributed by atoms with E-state index in [2.05, 4.69) is 20.9 Å². The monoisotopic (exact) mass is 257 g/mol. The first-order chi connectivity index (χ1) is 6.77. The number of hydrogen-bond donors (Lipinski definition) is 1. The molecule has 0 bridgehead atoms. The van der Waals surface area contributed by atoms with Crippen molar-refractivity contribution in [3.8, 4) is 0 Å². The maximum absolute atomic E-state index is 9.52. The van der Waals surface area contributed by atoms with Gasteiger partial charge in [0, 0.05) is 29.9 Å². The van der Waals surface area contributed by atoms with Crippen LogP contribution in [0.3, 0.4) is 0 Å². The molecule has 0 radical (unpaired) electrons. The van der Waals surface area contributed by atoms with E-state index in [0.29, 0.717) is 13.0 Å². The van der Waals surface area contributed by atoms with Crippen LogP contribution in [0.1, 0.15) is 24.5 Å². The largest absolute Gasteiger partial charge is 0.393 e. The lowest BCUT2D eigenvalue weighted by molar-refractivity contribution is -0.0451. The van der Waals surface area contributed by atoms with Gasteiger partial charge in [-0.2, -0.15) is 0 Å². The summed E-state index contributed by atoms with van der Waals surface area (Å²) in [4.78, 5) is 3.99. The van der Waals surface area contributed by atoms with E-state index in [4.69, 9.17) is 4.74 Å². The Hall–Kier alpha value is -0.450. The molecule has 2 rings (SSSR count). The lowest BCUT2D eigenvalue weighted by Crippen LogP contribution is -2.23. The molecule has 1 saturated heterocycles. The van der Waals surface area contributed by atoms with E-state index < -0.39 is 0 Å². The number of hydrogen-bond acceptors (Lipinski definition) is 3. The van der Waals surface area contributed by atoms with Gasteiger partial charge < -0.3 is 9.84 Å². The molecule has 2 atom stereocenters. The minimum absolute atomic E-state index is 0.00359. The Morgan fingerprint density at radius 1 is 1.57 bits per heavy atom. The number of pyridine rings is 1. The summed E-state index contributed by atoms with van der Waals surface area (Å²) in [5, 5.41) is 9.52. The molecule has 1 aliphatic rings. The van der Waals surface area contributed by atoms with Gasteiger partial charge in [-0.3, -0.25) is 4.98 Å². The molecule has 1 aliphatic heterocycles. The van der Waals surface area contributed by atoms with Crippen molar-refractivity contribution in [3.63, 3.8) is 0 Å². The van der Waals surface area contributed by atoms with Crippen molar-refractivity contribution in [3.05, 3.63) is 28.5 Å². The summed E-state index contributed by atoms with van der Waals surface area (Å²) in [7, 11) is 0. The van der Waals surface area contributed by atoms with E-state index >= 15 is 0 Å². The summed E-state index contributed by atoms with van der Waals surface area (Å²) in [6.07, 6.45) is 4.65. The summed E-state index contributed by atoms with van der Waals surface area (Å²) in [6.45, 7) is 0.626. The van der Waals surface area contributed by atoms with Crippen LogP contribution in [0.15, 0.2) is 22.9 Å². The Kier molecular flexibility index (Phi) is 3.15. The molecule has 1 aromatic rings. The Labute approximate surface area is 91.2 Å². The van der Waals surface area contributed by atoms with E-state index in [-0.39, 0.29) is 12.2 Å². The summed E-state index contributed by atoms with van der Waals surface area (Å²) in [5.41, 5.74) is 1.07. The van der Waals surface area contributed by atoms with E-state index in [1.807, 2.05) is 6.07 Å². The highest BCUT2D eigenvalue weighted by molar-refractivity contribution is 9.10. The molecule has 2 unspecified atom stereocenters. The first kappa shape index (κ1) is 10.1. The number of rotatable bonds is 1. The SMILES string of the molecule is OC1CCOC(c2ccncc2Br)C1. The predicted molar refractivity (Wildman–Crippen MR) is 55.9 cm³/mol. The quantitative estimate of drug-likeness (QED) is 0.838. The molecule has 14 heavy (non-hydrogen) atoms. The fourth-order valence-electron chi connectivity index (χ4n) is 1.64. The molecule has 4 heteroatoms. The van der Waals surface area contributed by atoms with Crippen LogP contribution >= 0.6 is 15.9 Å². The average molecular weight is 258 g/mol. The van der Waals surface area contributed by atoms with Gasteiger partial charge in [-0.15, -0.1) is 0 Å². The van der Waals surface area contributed by atoms with E-state index in [1.54, 1.807) is 12.4 Å². The van der Waals surface area contributed by atoms with Gasteiger partial charge in [-0.1, -0.05) is 0 Å². The lowest BCUT2D eigenvalue weighted by atomic mass is 10.0. The molecule has 0 spiro atoms. The summed E-state index contributed by atoms with van der Waals surface area (Å²) in [5.74, 6) is 0. The normalized spacial score (nSPS) is 27.6. The number of halogens is 1. The van der Waals surface area contributed by atoms with Crippen LogP contribution in [0.2, 0.25) is 0 Å². The molecule has 0 saturated carbocycles. The van der Waals surface area contributed by atoms with Gasteiger partial charge in [0.05, 0.1) is 12.2 Å². The van der Waals surface area contributed by atoms with Gasteiger partial charge in [0.25, 0.3) is 0 Å². The molecule has 3 nitrogen and oxygen atoms in total. The second-order valence-electron chi connectivity index (χ2n) is 3.43. The third-order valence-corrected chi connectivity index (χ3v) is 3.07. The van der Waals surface area contributed by atoms with Crippen LogP contribution < -0.4 is 0 Å². The third kappa shape index (κ3) is 2.13. The number of ether oxygens (including phenoxy) is 1. The lowest BCUT2D eigenvalue weighted by Gasteiger charge is -2.27. The maximum Gasteiger partial charge on any atom is 0.0861 e. The third-order valence-electron chi connectivity index (χ3n) is 2.41. The summed E-state index contributed by atoms with van der Waals surface area (Å²) in [6, 6.07) is 1.92. The Morgan fingerprint density at radius 2 is 2.43 bits per heavy atom. The first-order valence-corrected chi connectivity index (χ1v) is 5.46. The van der Waals surface area contributed by atoms with Crippen LogP contribution in [0.4, 0.5) is 0 Å². The van der Waals surface area contributed by atoms with Crippen LogP contribution in [-0.4, -0.2) is 22.8 Å². The van der Waals surface area contributed by atoms with Gasteiger partial charge in [0.15, 0.2) is 0 Å². The summed E-state index contributed by atoms with van der Waals surface area (Å²) < 4.78 is 6.54. The number of nitrogens with zero attached hydrogens (tertiary/aromatic N) is 1. The van der Waals surface area contributed by atoms with Crippen LogP contribution in [0.25, 0.3) is 0 Å². The highest BCUT2D eigenvalue weighted by atomic mass is 79.9. The first-order valence-electron chi connectivity index (χ1n) is 4.66. The van der Waals surface area contributed by atoms with Crippen molar-refractivity contribution in [1.82, 2.24) is 4.98 Å². The van der Waals surface area contributed by atoms with Crippen molar-refractivity contribution >= 4 is 15.9 Å². The standard InChI is InChI=1S/C10H12BrNO2/c11-9-6-12-3-1-8(9)10-5-7(13)2-4-14-10/h1,3,6-7,10,13H,2,4-5H2. The molecule has 1 aromatic heterocycles. The van der Waals surface area contributed by atoms with Crippen LogP contribution in [0, 0.1) is 0 Å². The van der Waals surface area contributed by atoms with E-state index in [1.165, 1.54) is 0 Å². The van der Waals surface area contributed by atoms with Crippen molar-refractivity contribution < 1.29 is 9.84 Å². The molecule has 1 fully saturated rings. The Morgan fingerprint density at radius 3 is 3.14 bits per heavy atom. The van der Waals surface area contributed by atoms with Crippen molar-refractivity contribution in [2.24, 2.45) is 0 Å². The number of aromatic nitrogens is 1. The smallest absolute Gasteiger partial charge is 0.0861 e. The average Bonchev–Trinajstić information content (AvgIpc) is 2.18. The van der Waals surface area contributed by atoms with Crippen molar-refractivity contribution in [2.75, 3.05) is 6.61 Å². The van der Waals surface area contributed by atoms with Gasteiger partial charge in [0.2, 0.25) is 0 Å². The molecule has 0 aliphatic carbocycles. The van der Waals surface area contributed by atoms with Gasteiger partial charge >= 0.3 is 0 Å². The minimum atomic E-state index is -0.242. The molecular weight excluding hydrogens is 246 g/mol. The zero-order valence-corrected chi connectivity index (χ0v) is 9.27. The highest BCUT2D eigenvalue weighted by Gasteiger charge is 2.23. The van der Waals surface area contributed by atoms with Crippen molar-refractivity contribution in [1.29, 1.82) is 0 Å². The van der Waals surface area contributed by atoms with Gasteiger partial charge in [0.1, 0.15) is 0 Å². The highest BCUT2D eigenvalue weighted by Crippen LogP contribution is 2.31. The molecular formula is C10H12BrNO2. The Balaban J connectivity index is 2.18. The predicted octanol–water partition coefficient (Wildman–Crippen LogP) is 2.06. The Bertz CT molecular complexity index is 319. The molecule has 0 aromatic carbocycles. The fraction of sp³-hybridized carbons (Fsp3) is 0.500. The second-order valence-corrected chi connectivity index (χ2v) is 4.29. The van der Waals surface area contributed by atoms with Crippen LogP contribution in [-0.2, 0) is 4.74 Å². The van der Waals surface area contributed by atoms with Gasteiger partial charge in [-0.25, -0.2) is 0 Å². The topological polar surface area (TPSA) is 42.4 Å². The molecule has 0 amide bonds. The van der Waals surface area contributed by atoms with Gasteiger partial charge in [-0.05, 0) is 34.0 Å². The van der Waals surface area contributed by atoms with E-state index in [0.717, 1.165) is 16.5 Å². The minimum Gasteiger partial charge on any atom is -0.393 e. The molecule has 1 N–H and O–H groups in total. The number of aliphatic hydroxyl groups is 1. The second kappa shape index (κ2) is 4.38. The fourth-order valence-corrected chi connectivity index (χ4v) is 2.15. The van der Waals surface area contributed by atoms with Crippen LogP contribution in [0.5, 0.6) is 0 Å². The molecule has 76 valence electrons. The zero-order chi connectivity index (χ0) is 9.97. The molecule has 2 heterocycles. The van der Waals surface area contributed by atoms with Crippen molar-refractivity contribution in [2.45, 2.75) is 25.0 Å². The summed E-state index contributed by atoms with van der Waals surface area (Å²) >= 11 is 3.43. The number of aliphatic hydroxyl groups excluding tert-OH is 1. The van der Waals surface area contributed by atoms with E-state index in [9.17, 15) is 5.11 Å².